The second kappa shape index (κ2) is 19.5. The summed E-state index contributed by atoms with van der Waals surface area (Å²) in [6.45, 7) is 7.81. The highest BCUT2D eigenvalue weighted by atomic mass is 28.4. The number of methoxy groups -OCH3 is 1. The van der Waals surface area contributed by atoms with Crippen LogP contribution in [0.2, 0.25) is 17.1 Å². The van der Waals surface area contributed by atoms with Crippen LogP contribution in [-0.4, -0.2) is 100 Å². The van der Waals surface area contributed by atoms with Gasteiger partial charge in [-0.1, -0.05) is 45.9 Å². The van der Waals surface area contributed by atoms with Crippen molar-refractivity contribution in [2.45, 2.75) is 138 Å². The van der Waals surface area contributed by atoms with Crippen molar-refractivity contribution in [3.05, 3.63) is 41.5 Å². The lowest BCUT2D eigenvalue weighted by molar-refractivity contribution is -0.461. The van der Waals surface area contributed by atoms with Gasteiger partial charge in [0.2, 0.25) is 0 Å². The smallest absolute Gasteiger partial charge is 0.460 e. The summed E-state index contributed by atoms with van der Waals surface area (Å²) in [6, 6.07) is 4.39. The Hall–Kier alpha value is -2.86. The third kappa shape index (κ3) is 10.8. The van der Waals surface area contributed by atoms with Crippen LogP contribution in [0.1, 0.15) is 72.5 Å². The Bertz CT molecular complexity index is 1520. The van der Waals surface area contributed by atoms with E-state index in [1.165, 1.54) is 59.1 Å². The van der Waals surface area contributed by atoms with Crippen LogP contribution >= 0.6 is 0 Å². The van der Waals surface area contributed by atoms with Gasteiger partial charge in [0.1, 0.15) is 18.5 Å². The van der Waals surface area contributed by atoms with E-state index in [1.54, 1.807) is 19.9 Å². The van der Waals surface area contributed by atoms with E-state index < -0.39 is 104 Å². The molecule has 59 heavy (non-hydrogen) atoms. The van der Waals surface area contributed by atoms with Gasteiger partial charge in [-0.15, -0.1) is 0 Å². The first-order valence-electron chi connectivity index (χ1n) is 17.6. The molecule has 0 saturated carbocycles. The first-order valence-corrected chi connectivity index (χ1v) is 19.9. The van der Waals surface area contributed by atoms with Crippen LogP contribution in [0.25, 0.3) is 0 Å². The Balaban J connectivity index is 3.17. The lowest BCUT2D eigenvalue weighted by Gasteiger charge is -2.44. The molecule has 0 bridgehead atoms. The summed E-state index contributed by atoms with van der Waals surface area (Å²) in [6.07, 6.45) is -9.98. The normalized spacial score (nSPS) is 15.8. The van der Waals surface area contributed by atoms with Crippen LogP contribution < -0.4 is 4.74 Å². The van der Waals surface area contributed by atoms with Crippen molar-refractivity contribution < 1.29 is 103 Å². The molecule has 0 saturated heterocycles. The van der Waals surface area contributed by atoms with Gasteiger partial charge in [-0.3, -0.25) is 0 Å². The predicted molar refractivity (Wildman–Crippen MR) is 179 cm³/mol. The summed E-state index contributed by atoms with van der Waals surface area (Å²) in [5.74, 6) is -57.1. The average molecular weight is 913 g/mol. The Morgan fingerprint density at radius 1 is 0.729 bits per heavy atom. The van der Waals surface area contributed by atoms with Crippen LogP contribution in [-0.2, 0) is 18.7 Å². The van der Waals surface area contributed by atoms with Crippen molar-refractivity contribution in [3.8, 4) is 5.75 Å². The number of aliphatic hydroxyl groups excluding tert-OH is 1. The molecule has 6 nitrogen and oxygen atoms in total. The molecule has 0 fully saturated rings. The molecule has 1 aromatic rings. The van der Waals surface area contributed by atoms with Crippen LogP contribution in [0.3, 0.4) is 0 Å². The van der Waals surface area contributed by atoms with Crippen LogP contribution in [0, 0.1) is 0 Å². The Labute approximate surface area is 329 Å². The summed E-state index contributed by atoms with van der Waals surface area (Å²) in [7, 11) is -2.60. The van der Waals surface area contributed by atoms with Crippen molar-refractivity contribution in [2.24, 2.45) is 0 Å². The molecule has 1 rings (SSSR count). The number of esters is 1. The van der Waals surface area contributed by atoms with Crippen LogP contribution in [0.15, 0.2) is 35.9 Å². The third-order valence-electron chi connectivity index (χ3n) is 9.67. The molecule has 0 aliphatic heterocycles. The first-order chi connectivity index (χ1) is 26.5. The third-order valence-corrected chi connectivity index (χ3v) is 15.4. The lowest BCUT2D eigenvalue weighted by Crippen LogP contribution is -2.74. The van der Waals surface area contributed by atoms with Gasteiger partial charge < -0.3 is 23.7 Å². The minimum absolute atomic E-state index is 0.151. The predicted octanol–water partition coefficient (Wildman–Crippen LogP) is 11.6. The molecule has 0 aliphatic carbocycles. The topological polar surface area (TPSA) is 74.2 Å². The first kappa shape index (κ1) is 54.2. The summed E-state index contributed by atoms with van der Waals surface area (Å²) >= 11 is 0. The maximum absolute atomic E-state index is 14.9. The SMILES string of the molecule is CCOC(=O)/C(C)=C/CC[C@H](OC)[C@@H](O)c1ccc(OCCO[Si](CCC(F)(F)C(F)(F)C(F)(F)C(F)(F)C(F)(F)C(F)(F)C(F)(F)C(F)(F)F)(C(C)C)C(C)C)cc1. The minimum Gasteiger partial charge on any atom is -0.491 e. The number of carbonyl (C=O) groups excluding carboxylic acids is 1. The van der Waals surface area contributed by atoms with Gasteiger partial charge in [-0.2, -0.15) is 74.6 Å². The second-order valence-corrected chi connectivity index (χ2v) is 19.1. The fourth-order valence-corrected chi connectivity index (χ4v) is 10.4. The molecular formula is C35H45F17O6Si. The molecular weight excluding hydrogens is 867 g/mol. The van der Waals surface area contributed by atoms with Gasteiger partial charge >= 0.3 is 53.6 Å². The van der Waals surface area contributed by atoms with Gasteiger partial charge in [0, 0.05) is 19.1 Å². The fourth-order valence-electron chi connectivity index (χ4n) is 5.92. The zero-order valence-electron chi connectivity index (χ0n) is 32.6. The van der Waals surface area contributed by atoms with Gasteiger partial charge in [0.15, 0.2) is 8.32 Å². The number of hydrogen-bond donors (Lipinski definition) is 1. The number of benzene rings is 1. The van der Waals surface area contributed by atoms with Crippen LogP contribution in [0.5, 0.6) is 5.75 Å². The highest BCUT2D eigenvalue weighted by Gasteiger charge is 2.95. The Kier molecular flexibility index (Phi) is 17.9. The molecule has 0 aromatic heterocycles. The number of allylic oxidation sites excluding steroid dienone is 1. The zero-order valence-corrected chi connectivity index (χ0v) is 33.6. The standard InChI is InChI=1S/C35H45F17O6Si/c1-8-56-27(54)22(6)10-9-11-25(55-7)26(53)23-12-14-24(15-13-23)57-17-18-58-59(20(2)3,21(4)5)19-16-28(36,37)29(38,39)30(40,41)31(42,43)32(44,45)33(46,47)34(48,49)35(50,51)52/h10,12-15,20-21,25-26,53H,8-9,11,16-19H2,1-7H3/b22-10+/t25-,26-/m0/s1. The van der Waals surface area contributed by atoms with Gasteiger partial charge in [-0.25, -0.2) is 4.79 Å². The van der Waals surface area contributed by atoms with E-state index in [1.807, 2.05) is 0 Å². The maximum Gasteiger partial charge on any atom is 0.460 e. The van der Waals surface area contributed by atoms with Crippen molar-refractivity contribution >= 4 is 14.3 Å². The summed E-state index contributed by atoms with van der Waals surface area (Å²) in [5.41, 5.74) is -0.990. The number of hydrogen-bond acceptors (Lipinski definition) is 6. The molecule has 344 valence electrons. The molecule has 0 radical (unpaired) electrons. The molecule has 0 aliphatic rings. The van der Waals surface area contributed by atoms with E-state index in [4.69, 9.17) is 18.6 Å². The lowest BCUT2D eigenvalue weighted by atomic mass is 9.88. The van der Waals surface area contributed by atoms with E-state index >= 15 is 0 Å². The molecule has 0 spiro atoms. The highest BCUT2D eigenvalue weighted by Crippen LogP contribution is 2.64. The second-order valence-electron chi connectivity index (χ2n) is 14.1. The highest BCUT2D eigenvalue weighted by molar-refractivity contribution is 6.76. The van der Waals surface area contributed by atoms with E-state index in [-0.39, 0.29) is 19.0 Å². The Morgan fingerprint density at radius 3 is 1.61 bits per heavy atom. The van der Waals surface area contributed by atoms with Crippen molar-refractivity contribution in [2.75, 3.05) is 26.9 Å². The number of halogens is 17. The van der Waals surface area contributed by atoms with Crippen molar-refractivity contribution in [3.63, 3.8) is 0 Å². The average Bonchev–Trinajstić information content (AvgIpc) is 3.11. The quantitative estimate of drug-likeness (QED) is 0.0366. The monoisotopic (exact) mass is 912 g/mol. The zero-order chi connectivity index (χ0) is 46.4. The summed E-state index contributed by atoms with van der Waals surface area (Å²) < 4.78 is 256. The molecule has 0 amide bonds. The van der Waals surface area contributed by atoms with E-state index in [9.17, 15) is 84.5 Å². The maximum atomic E-state index is 14.9. The molecule has 2 atom stereocenters. The van der Waals surface area contributed by atoms with Gasteiger partial charge in [-0.05, 0) is 61.5 Å². The van der Waals surface area contributed by atoms with Crippen molar-refractivity contribution in [1.29, 1.82) is 0 Å². The number of ether oxygens (including phenoxy) is 3. The minimum atomic E-state index is -8.68. The molecule has 1 aromatic carbocycles. The number of rotatable bonds is 24. The van der Waals surface area contributed by atoms with Crippen molar-refractivity contribution in [1.82, 2.24) is 0 Å². The largest absolute Gasteiger partial charge is 0.491 e. The molecule has 1 N–H and O–H groups in total. The van der Waals surface area contributed by atoms with E-state index in [0.717, 1.165) is 0 Å². The summed E-state index contributed by atoms with van der Waals surface area (Å²) in [5, 5.41) is 10.8. The van der Waals surface area contributed by atoms with Crippen LogP contribution in [0.4, 0.5) is 74.6 Å². The Morgan fingerprint density at radius 2 is 1.19 bits per heavy atom. The van der Waals surface area contributed by atoms with E-state index in [2.05, 4.69) is 0 Å². The summed E-state index contributed by atoms with van der Waals surface area (Å²) in [4.78, 5) is 11.8. The number of alkyl halides is 17. The van der Waals surface area contributed by atoms with Gasteiger partial charge in [0.25, 0.3) is 0 Å². The number of aliphatic hydroxyl groups is 1. The fraction of sp³-hybridized carbons (Fsp3) is 0.743. The van der Waals surface area contributed by atoms with E-state index in [0.29, 0.717) is 24.0 Å². The number of carbonyl (C=O) groups is 1. The van der Waals surface area contributed by atoms with Gasteiger partial charge in [0.05, 0.1) is 19.3 Å². The molecule has 0 unspecified atom stereocenters. The molecule has 0 heterocycles. The molecule has 24 heteroatoms.